The van der Waals surface area contributed by atoms with Gasteiger partial charge < -0.3 is 14.9 Å². The first-order valence-corrected chi connectivity index (χ1v) is 8.83. The molecule has 0 fully saturated rings. The van der Waals surface area contributed by atoms with Crippen molar-refractivity contribution in [2.75, 3.05) is 7.11 Å². The second kappa shape index (κ2) is 8.42. The Morgan fingerprint density at radius 3 is 2.13 bits per heavy atom. The van der Waals surface area contributed by atoms with Crippen molar-refractivity contribution in [3.05, 3.63) is 39.9 Å². The Morgan fingerprint density at radius 2 is 1.68 bits per heavy atom. The second-order valence-corrected chi connectivity index (χ2v) is 6.91. The highest BCUT2D eigenvalue weighted by Gasteiger charge is 2.65. The molecule has 31 heavy (non-hydrogen) atoms. The van der Waals surface area contributed by atoms with Gasteiger partial charge in [0.2, 0.25) is 0 Å². The molecule has 1 aromatic carbocycles. The van der Waals surface area contributed by atoms with Crippen molar-refractivity contribution in [2.45, 2.75) is 25.8 Å². The molecule has 0 radical (unpaired) electrons. The van der Waals surface area contributed by atoms with Crippen LogP contribution in [0.1, 0.15) is 25.3 Å². The molecule has 1 aromatic rings. The highest BCUT2D eigenvalue weighted by molar-refractivity contribution is 6.49. The summed E-state index contributed by atoms with van der Waals surface area (Å²) in [5.41, 5.74) is -3.45. The van der Waals surface area contributed by atoms with E-state index in [0.29, 0.717) is 0 Å². The minimum absolute atomic E-state index is 0.0443. The Kier molecular flexibility index (Phi) is 6.33. The molecule has 2 N–H and O–H groups in total. The predicted octanol–water partition coefficient (Wildman–Crippen LogP) is 0.624. The molecule has 1 aliphatic rings. The number of nitrogens with zero attached hydrogens (tertiary/aromatic N) is 2. The quantitative estimate of drug-likeness (QED) is 0.202. The summed E-state index contributed by atoms with van der Waals surface area (Å²) in [6, 6.07) is 2.98. The van der Waals surface area contributed by atoms with Crippen LogP contribution in [0.4, 0.5) is 5.69 Å². The first-order chi connectivity index (χ1) is 14.4. The number of carboxylic acids is 2. The van der Waals surface area contributed by atoms with Gasteiger partial charge in [0.25, 0.3) is 17.3 Å². The number of carboxylic acid groups (broad SMARTS) is 2. The van der Waals surface area contributed by atoms with Crippen LogP contribution in [0.25, 0.3) is 0 Å². The molecule has 2 rings (SSSR count). The summed E-state index contributed by atoms with van der Waals surface area (Å²) in [4.78, 5) is 76.3. The number of hydrogen-bond donors (Lipinski definition) is 2. The summed E-state index contributed by atoms with van der Waals surface area (Å²) in [5.74, 6) is -12.1. The number of carbonyl (C=O) groups excluding carboxylic acids is 3. The number of nitro groups is 1. The number of aliphatic imine (C=N–C) groups is 1. The lowest BCUT2D eigenvalue weighted by Gasteiger charge is -2.45. The zero-order chi connectivity index (χ0) is 23.7. The van der Waals surface area contributed by atoms with Gasteiger partial charge in [-0.1, -0.05) is 12.1 Å². The number of nitro benzene ring substituents is 1. The molecule has 0 amide bonds. The number of Topliss-reactive ketones (excluding diaryl/α,β-unsaturated/α-hetero) is 2. The second-order valence-electron chi connectivity index (χ2n) is 6.91. The maximum absolute atomic E-state index is 12.9. The Morgan fingerprint density at radius 1 is 1.13 bits per heavy atom. The van der Waals surface area contributed by atoms with E-state index in [1.165, 1.54) is 26.0 Å². The van der Waals surface area contributed by atoms with Crippen LogP contribution in [0.5, 0.6) is 0 Å². The van der Waals surface area contributed by atoms with Crippen LogP contribution in [-0.4, -0.2) is 63.5 Å². The van der Waals surface area contributed by atoms with Crippen molar-refractivity contribution in [1.82, 2.24) is 0 Å². The van der Waals surface area contributed by atoms with Crippen molar-refractivity contribution in [2.24, 2.45) is 16.3 Å². The molecule has 0 saturated carbocycles. The number of hydrogen-bond acceptors (Lipinski definition) is 9. The summed E-state index contributed by atoms with van der Waals surface area (Å²) >= 11 is 0. The van der Waals surface area contributed by atoms with E-state index in [1.807, 2.05) is 0 Å². The van der Waals surface area contributed by atoms with Crippen LogP contribution in [0, 0.1) is 21.4 Å². The van der Waals surface area contributed by atoms with Crippen molar-refractivity contribution < 1.29 is 43.8 Å². The van der Waals surface area contributed by atoms with Gasteiger partial charge in [-0.05, 0) is 19.4 Å². The number of carbonyl (C=O) groups is 5. The van der Waals surface area contributed by atoms with E-state index in [4.69, 9.17) is 4.74 Å². The molecule has 0 aromatic heterocycles. The lowest BCUT2D eigenvalue weighted by atomic mass is 9.56. The van der Waals surface area contributed by atoms with Crippen LogP contribution >= 0.6 is 0 Å². The molecule has 12 nitrogen and oxygen atoms in total. The fourth-order valence-corrected chi connectivity index (χ4v) is 4.09. The number of methoxy groups -OCH3 is 1. The van der Waals surface area contributed by atoms with Crippen LogP contribution in [0.2, 0.25) is 0 Å². The maximum atomic E-state index is 12.9. The van der Waals surface area contributed by atoms with E-state index in [0.717, 1.165) is 19.2 Å². The van der Waals surface area contributed by atoms with E-state index in [-0.39, 0.29) is 11.3 Å². The summed E-state index contributed by atoms with van der Waals surface area (Å²) in [7, 11) is 0.998. The molecule has 12 heteroatoms. The van der Waals surface area contributed by atoms with Gasteiger partial charge in [-0.3, -0.25) is 29.5 Å². The summed E-state index contributed by atoms with van der Waals surface area (Å²) in [5, 5.41) is 30.1. The topological polar surface area (TPSA) is 191 Å². The van der Waals surface area contributed by atoms with E-state index in [2.05, 4.69) is 4.99 Å². The predicted molar refractivity (Wildman–Crippen MR) is 102 cm³/mol. The van der Waals surface area contributed by atoms with Crippen LogP contribution in [0.3, 0.4) is 0 Å². The van der Waals surface area contributed by atoms with Crippen LogP contribution in [0.15, 0.2) is 29.3 Å². The largest absolute Gasteiger partial charge is 0.475 e. The van der Waals surface area contributed by atoms with Crippen LogP contribution < -0.4 is 0 Å². The van der Waals surface area contributed by atoms with E-state index < -0.39 is 63.4 Å². The number of ether oxygens (including phenoxy) is 1. The molecule has 3 unspecified atom stereocenters. The maximum Gasteiger partial charge on any atom is 0.373 e. The van der Waals surface area contributed by atoms with E-state index in [9.17, 15) is 44.3 Å². The molecule has 164 valence electrons. The Hall–Kier alpha value is -3.96. The molecule has 1 aliphatic heterocycles. The van der Waals surface area contributed by atoms with Gasteiger partial charge in [0.1, 0.15) is 11.3 Å². The van der Waals surface area contributed by atoms with Gasteiger partial charge >= 0.3 is 17.9 Å². The average Bonchev–Trinajstić information content (AvgIpc) is 2.71. The Balaban J connectivity index is 3.03. The average molecular weight is 434 g/mol. The zero-order valence-corrected chi connectivity index (χ0v) is 16.6. The van der Waals surface area contributed by atoms with Crippen LogP contribution in [-0.2, 0) is 28.7 Å². The number of rotatable bonds is 7. The first kappa shape index (κ1) is 23.3. The molecule has 0 aliphatic carbocycles. The van der Waals surface area contributed by atoms with Gasteiger partial charge in [0.15, 0.2) is 0 Å². The third kappa shape index (κ3) is 3.67. The first-order valence-electron chi connectivity index (χ1n) is 8.83. The summed E-state index contributed by atoms with van der Waals surface area (Å²) in [6.07, 6.45) is 0. The number of benzene rings is 1. The van der Waals surface area contributed by atoms with Gasteiger partial charge in [0.05, 0.1) is 18.1 Å². The highest BCUT2D eigenvalue weighted by atomic mass is 16.6. The molecule has 0 spiro atoms. The standard InChI is InChI=1S/C19H18N2O10/c1-8-12(18(28)31-3)13(10-5-4-6-11(7-10)21(29)30)19(9(2)20-8,14(22)16(24)25)15(23)17(26)27/h4-7,9,12-13H,1-3H3,(H,24,25)(H,26,27). The van der Waals surface area contributed by atoms with Crippen molar-refractivity contribution in [1.29, 1.82) is 0 Å². The van der Waals surface area contributed by atoms with Crippen molar-refractivity contribution >= 4 is 40.9 Å². The smallest absolute Gasteiger partial charge is 0.373 e. The third-order valence-electron chi connectivity index (χ3n) is 5.37. The lowest BCUT2D eigenvalue weighted by molar-refractivity contribution is -0.385. The number of esters is 1. The van der Waals surface area contributed by atoms with Gasteiger partial charge in [-0.2, -0.15) is 0 Å². The third-order valence-corrected chi connectivity index (χ3v) is 5.37. The minimum atomic E-state index is -2.86. The fraction of sp³-hybridized carbons (Fsp3) is 0.368. The van der Waals surface area contributed by atoms with E-state index >= 15 is 0 Å². The monoisotopic (exact) mass is 434 g/mol. The SMILES string of the molecule is COC(=O)C1C(C)=NC(C)C(C(=O)C(=O)O)(C(=O)C(=O)O)C1c1cccc([N+](=O)[O-])c1. The molecular weight excluding hydrogens is 416 g/mol. The van der Waals surface area contributed by atoms with E-state index in [1.54, 1.807) is 0 Å². The van der Waals surface area contributed by atoms with Gasteiger partial charge in [-0.15, -0.1) is 0 Å². The fourth-order valence-electron chi connectivity index (χ4n) is 4.09. The molecule has 0 bridgehead atoms. The number of aliphatic carboxylic acids is 2. The highest BCUT2D eigenvalue weighted by Crippen LogP contribution is 2.51. The molecule has 0 saturated heterocycles. The molecule has 3 atom stereocenters. The number of ketones is 2. The van der Waals surface area contributed by atoms with Crippen molar-refractivity contribution in [3.8, 4) is 0 Å². The number of non-ortho nitro benzene ring substituents is 1. The molecule has 1 heterocycles. The van der Waals surface area contributed by atoms with Gasteiger partial charge in [0, 0.05) is 23.8 Å². The Bertz CT molecular complexity index is 1000. The zero-order valence-electron chi connectivity index (χ0n) is 16.6. The summed E-state index contributed by atoms with van der Waals surface area (Å²) < 4.78 is 4.73. The van der Waals surface area contributed by atoms with Crippen molar-refractivity contribution in [3.63, 3.8) is 0 Å². The minimum Gasteiger partial charge on any atom is -0.475 e. The van der Waals surface area contributed by atoms with Gasteiger partial charge in [-0.25, -0.2) is 9.59 Å². The lowest BCUT2D eigenvalue weighted by Crippen LogP contribution is -2.61. The summed E-state index contributed by atoms with van der Waals surface area (Å²) in [6.45, 7) is 2.53. The molecular formula is C19H18N2O10. The normalized spacial score (nSPS) is 22.0. The Labute approximate surface area is 174 Å².